The second kappa shape index (κ2) is 7.57. The Labute approximate surface area is 167 Å². The maximum absolute atomic E-state index is 13.2. The molecule has 6 nitrogen and oxygen atoms in total. The predicted octanol–water partition coefficient (Wildman–Crippen LogP) is 3.41. The Hall–Kier alpha value is -2.37. The van der Waals surface area contributed by atoms with E-state index in [1.54, 1.807) is 16.8 Å². The number of imide groups is 1. The van der Waals surface area contributed by atoms with Crippen molar-refractivity contribution in [3.8, 4) is 0 Å². The van der Waals surface area contributed by atoms with E-state index in [1.807, 2.05) is 51.1 Å². The molecule has 152 valence electrons. The average Bonchev–Trinajstić information content (AvgIpc) is 2.83. The van der Waals surface area contributed by atoms with E-state index in [-0.39, 0.29) is 24.4 Å². The minimum Gasteiger partial charge on any atom is -0.332 e. The van der Waals surface area contributed by atoms with Crippen LogP contribution >= 0.6 is 0 Å². The van der Waals surface area contributed by atoms with Crippen molar-refractivity contribution in [3.05, 3.63) is 35.9 Å². The molecule has 1 saturated carbocycles. The molecule has 1 saturated heterocycles. The lowest BCUT2D eigenvalue weighted by Crippen LogP contribution is -2.51. The van der Waals surface area contributed by atoms with Crippen LogP contribution < -0.4 is 0 Å². The molecule has 0 radical (unpaired) electrons. The van der Waals surface area contributed by atoms with Crippen molar-refractivity contribution in [2.75, 3.05) is 13.6 Å². The molecule has 0 unspecified atom stereocenters. The van der Waals surface area contributed by atoms with Gasteiger partial charge >= 0.3 is 6.03 Å². The maximum Gasteiger partial charge on any atom is 0.327 e. The van der Waals surface area contributed by atoms with E-state index < -0.39 is 11.1 Å². The molecule has 0 atom stereocenters. The van der Waals surface area contributed by atoms with Crippen LogP contribution in [0.15, 0.2) is 30.3 Å². The zero-order valence-corrected chi connectivity index (χ0v) is 17.4. The molecule has 1 aliphatic carbocycles. The van der Waals surface area contributed by atoms with Crippen molar-refractivity contribution >= 4 is 17.8 Å². The summed E-state index contributed by atoms with van der Waals surface area (Å²) >= 11 is 0. The summed E-state index contributed by atoms with van der Waals surface area (Å²) < 4.78 is 0. The molecule has 28 heavy (non-hydrogen) atoms. The van der Waals surface area contributed by atoms with E-state index in [0.717, 1.165) is 29.7 Å². The highest BCUT2D eigenvalue weighted by Crippen LogP contribution is 2.39. The van der Waals surface area contributed by atoms with Gasteiger partial charge in [0.05, 0.1) is 0 Å². The van der Waals surface area contributed by atoms with E-state index in [9.17, 15) is 14.4 Å². The molecule has 1 aliphatic heterocycles. The molecule has 1 spiro atoms. The van der Waals surface area contributed by atoms with Crippen molar-refractivity contribution < 1.29 is 14.4 Å². The van der Waals surface area contributed by atoms with Gasteiger partial charge in [-0.3, -0.25) is 14.5 Å². The van der Waals surface area contributed by atoms with E-state index in [0.29, 0.717) is 19.4 Å². The number of urea groups is 1. The monoisotopic (exact) mass is 385 g/mol. The lowest BCUT2D eigenvalue weighted by atomic mass is 9.81. The Balaban J connectivity index is 1.79. The van der Waals surface area contributed by atoms with Crippen LogP contribution in [0.25, 0.3) is 0 Å². The number of nitrogens with zero attached hydrogens (tertiary/aromatic N) is 3. The molecule has 2 fully saturated rings. The zero-order chi connectivity index (χ0) is 20.5. The molecule has 0 bridgehead atoms. The van der Waals surface area contributed by atoms with Crippen molar-refractivity contribution in [2.45, 2.75) is 70.5 Å². The van der Waals surface area contributed by atoms with E-state index >= 15 is 0 Å². The van der Waals surface area contributed by atoms with Crippen molar-refractivity contribution in [1.29, 1.82) is 0 Å². The van der Waals surface area contributed by atoms with Gasteiger partial charge in [-0.15, -0.1) is 0 Å². The summed E-state index contributed by atoms with van der Waals surface area (Å²) in [7, 11) is 1.70. The van der Waals surface area contributed by atoms with Crippen LogP contribution in [0, 0.1) is 0 Å². The Morgan fingerprint density at radius 2 is 1.68 bits per heavy atom. The third-order valence-electron chi connectivity index (χ3n) is 6.07. The summed E-state index contributed by atoms with van der Waals surface area (Å²) in [4.78, 5) is 43.6. The van der Waals surface area contributed by atoms with Crippen LogP contribution in [0.1, 0.15) is 58.4 Å². The van der Waals surface area contributed by atoms with Crippen molar-refractivity contribution in [3.63, 3.8) is 0 Å². The first-order chi connectivity index (χ1) is 13.2. The van der Waals surface area contributed by atoms with E-state index in [2.05, 4.69) is 0 Å². The molecule has 1 aromatic rings. The third-order valence-corrected chi connectivity index (χ3v) is 6.07. The van der Waals surface area contributed by atoms with Gasteiger partial charge in [0.25, 0.3) is 5.91 Å². The number of hydrogen-bond acceptors (Lipinski definition) is 3. The summed E-state index contributed by atoms with van der Waals surface area (Å²) in [5, 5.41) is 0. The Morgan fingerprint density at radius 1 is 1.07 bits per heavy atom. The fourth-order valence-corrected chi connectivity index (χ4v) is 4.36. The highest BCUT2D eigenvalue weighted by Gasteiger charge is 2.56. The summed E-state index contributed by atoms with van der Waals surface area (Å²) in [5.41, 5.74) is -0.153. The molecule has 0 aromatic heterocycles. The standard InChI is InChI=1S/C22H31N3O3/c1-21(2,3)25(15-17-11-7-5-8-12-17)18(26)16-24-19(27)22(23(4)20(24)28)13-9-6-10-14-22/h5,7-8,11-12H,6,9-10,13-16H2,1-4H3. The largest absolute Gasteiger partial charge is 0.332 e. The zero-order valence-electron chi connectivity index (χ0n) is 17.4. The average molecular weight is 386 g/mol. The molecule has 4 amide bonds. The Bertz CT molecular complexity index is 748. The highest BCUT2D eigenvalue weighted by atomic mass is 16.2. The fraction of sp³-hybridized carbons (Fsp3) is 0.591. The van der Waals surface area contributed by atoms with Crippen LogP contribution in [-0.4, -0.2) is 57.2 Å². The normalized spacial score (nSPS) is 19.4. The van der Waals surface area contributed by atoms with Gasteiger partial charge in [-0.1, -0.05) is 49.6 Å². The van der Waals surface area contributed by atoms with Crippen LogP contribution in [0.5, 0.6) is 0 Å². The molecular formula is C22H31N3O3. The summed E-state index contributed by atoms with van der Waals surface area (Å²) in [5.74, 6) is -0.416. The van der Waals surface area contributed by atoms with Crippen LogP contribution in [0.4, 0.5) is 4.79 Å². The van der Waals surface area contributed by atoms with Gasteiger partial charge in [-0.2, -0.15) is 0 Å². The second-order valence-electron chi connectivity index (χ2n) is 8.96. The van der Waals surface area contributed by atoms with Gasteiger partial charge in [0.1, 0.15) is 12.1 Å². The van der Waals surface area contributed by atoms with Crippen LogP contribution in [0.2, 0.25) is 0 Å². The quantitative estimate of drug-likeness (QED) is 0.746. The van der Waals surface area contributed by atoms with Gasteiger partial charge < -0.3 is 9.80 Å². The molecular weight excluding hydrogens is 354 g/mol. The van der Waals surface area contributed by atoms with Crippen LogP contribution in [0.3, 0.4) is 0 Å². The van der Waals surface area contributed by atoms with Crippen molar-refractivity contribution in [2.24, 2.45) is 0 Å². The Morgan fingerprint density at radius 3 is 2.25 bits per heavy atom. The molecule has 6 heteroatoms. The SMILES string of the molecule is CN1C(=O)N(CC(=O)N(Cc2ccccc2)C(C)(C)C)C(=O)C12CCCCC2. The number of carbonyl (C=O) groups is 3. The lowest BCUT2D eigenvalue weighted by Gasteiger charge is -2.37. The van der Waals surface area contributed by atoms with Gasteiger partial charge in [0.2, 0.25) is 5.91 Å². The predicted molar refractivity (Wildman–Crippen MR) is 107 cm³/mol. The van der Waals surface area contributed by atoms with E-state index in [1.165, 1.54) is 0 Å². The van der Waals surface area contributed by atoms with E-state index in [4.69, 9.17) is 0 Å². The highest BCUT2D eigenvalue weighted by molar-refractivity contribution is 6.09. The summed E-state index contributed by atoms with van der Waals surface area (Å²) in [6.45, 7) is 6.15. The lowest BCUT2D eigenvalue weighted by molar-refractivity contribution is -0.143. The first-order valence-corrected chi connectivity index (χ1v) is 10.1. The number of likely N-dealkylation sites (N-methyl/N-ethyl adjacent to an activating group) is 1. The number of amides is 4. The molecule has 1 aromatic carbocycles. The number of benzene rings is 1. The Kier molecular flexibility index (Phi) is 5.50. The molecule has 3 rings (SSSR count). The molecule has 2 aliphatic rings. The number of carbonyl (C=O) groups excluding carboxylic acids is 3. The third kappa shape index (κ3) is 3.64. The minimum atomic E-state index is -0.748. The maximum atomic E-state index is 13.2. The first kappa shape index (κ1) is 20.4. The molecule has 1 heterocycles. The van der Waals surface area contributed by atoms with Gasteiger partial charge in [-0.05, 0) is 39.2 Å². The van der Waals surface area contributed by atoms with Gasteiger partial charge in [0.15, 0.2) is 0 Å². The number of hydrogen-bond donors (Lipinski definition) is 0. The van der Waals surface area contributed by atoms with Gasteiger partial charge in [0, 0.05) is 19.1 Å². The van der Waals surface area contributed by atoms with Crippen LogP contribution in [-0.2, 0) is 16.1 Å². The summed E-state index contributed by atoms with van der Waals surface area (Å²) in [6, 6.07) is 9.42. The fourth-order valence-electron chi connectivity index (χ4n) is 4.36. The minimum absolute atomic E-state index is 0.201. The first-order valence-electron chi connectivity index (χ1n) is 10.1. The second-order valence-corrected chi connectivity index (χ2v) is 8.96. The number of rotatable bonds is 4. The molecule has 0 N–H and O–H groups in total. The summed E-state index contributed by atoms with van der Waals surface area (Å²) in [6.07, 6.45) is 4.34. The topological polar surface area (TPSA) is 60.9 Å². The smallest absolute Gasteiger partial charge is 0.327 e. The van der Waals surface area contributed by atoms with Crippen molar-refractivity contribution in [1.82, 2.24) is 14.7 Å². The van der Waals surface area contributed by atoms with Gasteiger partial charge in [-0.25, -0.2) is 4.79 Å².